The van der Waals surface area contributed by atoms with Crippen molar-refractivity contribution in [3.63, 3.8) is 0 Å². The van der Waals surface area contributed by atoms with Crippen LogP contribution in [0.15, 0.2) is 0 Å². The highest BCUT2D eigenvalue weighted by Gasteiger charge is 2.40. The van der Waals surface area contributed by atoms with Gasteiger partial charge in [-0.1, -0.05) is 6.92 Å². The van der Waals surface area contributed by atoms with Gasteiger partial charge in [-0.25, -0.2) is 0 Å². The van der Waals surface area contributed by atoms with Gasteiger partial charge in [0, 0.05) is 52.2 Å². The van der Waals surface area contributed by atoms with Crippen molar-refractivity contribution in [1.82, 2.24) is 14.7 Å². The van der Waals surface area contributed by atoms with E-state index in [0.717, 1.165) is 13.1 Å². The van der Waals surface area contributed by atoms with Crippen LogP contribution in [0.4, 0.5) is 13.2 Å². The lowest BCUT2D eigenvalue weighted by Gasteiger charge is -2.39. The van der Waals surface area contributed by atoms with E-state index < -0.39 is 12.7 Å². The van der Waals surface area contributed by atoms with Crippen molar-refractivity contribution in [2.24, 2.45) is 5.92 Å². The van der Waals surface area contributed by atoms with Crippen molar-refractivity contribution < 1.29 is 18.0 Å². The number of rotatable bonds is 2. The lowest BCUT2D eigenvalue weighted by atomic mass is 10.0. The Morgan fingerprint density at radius 2 is 1.75 bits per heavy atom. The Labute approximate surface area is 117 Å². The highest BCUT2D eigenvalue weighted by molar-refractivity contribution is 5.73. The number of hydrogen-bond donors (Lipinski definition) is 0. The lowest BCUT2D eigenvalue weighted by Crippen LogP contribution is -2.53. The van der Waals surface area contributed by atoms with Crippen LogP contribution in [0.5, 0.6) is 0 Å². The standard InChI is InChI=1S/C13H22F3N3O/c1-10-7-17(9-13(14,15)16)8-12(10)19-5-3-18(4-6-19)11(2)20/h10,12H,3-9H2,1-2H3. The van der Waals surface area contributed by atoms with Crippen molar-refractivity contribution in [3.8, 4) is 0 Å². The summed E-state index contributed by atoms with van der Waals surface area (Å²) in [6.07, 6.45) is -4.12. The first-order valence-corrected chi connectivity index (χ1v) is 7.05. The van der Waals surface area contributed by atoms with Crippen LogP contribution in [-0.2, 0) is 4.79 Å². The second-order valence-electron chi connectivity index (χ2n) is 5.90. The highest BCUT2D eigenvalue weighted by Crippen LogP contribution is 2.26. The zero-order valence-electron chi connectivity index (χ0n) is 12.0. The number of alkyl halides is 3. The molecular formula is C13H22F3N3O. The number of nitrogens with zero attached hydrogens (tertiary/aromatic N) is 3. The van der Waals surface area contributed by atoms with Crippen LogP contribution in [0.1, 0.15) is 13.8 Å². The molecule has 2 rings (SSSR count). The minimum atomic E-state index is -4.12. The van der Waals surface area contributed by atoms with Gasteiger partial charge in [0.15, 0.2) is 0 Å². The molecule has 7 heteroatoms. The van der Waals surface area contributed by atoms with Gasteiger partial charge < -0.3 is 4.90 Å². The Kier molecular flexibility index (Phi) is 4.59. The Hall–Kier alpha value is -0.820. The van der Waals surface area contributed by atoms with Crippen molar-refractivity contribution >= 4 is 5.91 Å². The molecule has 2 atom stereocenters. The molecule has 2 aliphatic heterocycles. The van der Waals surface area contributed by atoms with Gasteiger partial charge in [-0.05, 0) is 5.92 Å². The number of piperazine rings is 1. The molecule has 0 N–H and O–H groups in total. The maximum absolute atomic E-state index is 12.4. The van der Waals surface area contributed by atoms with Gasteiger partial charge >= 0.3 is 6.18 Å². The predicted octanol–water partition coefficient (Wildman–Crippen LogP) is 1.03. The molecule has 2 fully saturated rings. The van der Waals surface area contributed by atoms with Crippen LogP contribution in [0.3, 0.4) is 0 Å². The van der Waals surface area contributed by atoms with Crippen molar-refractivity contribution in [3.05, 3.63) is 0 Å². The average molecular weight is 293 g/mol. The van der Waals surface area contributed by atoms with Crippen LogP contribution < -0.4 is 0 Å². The molecule has 0 saturated carbocycles. The zero-order valence-corrected chi connectivity index (χ0v) is 12.0. The van der Waals surface area contributed by atoms with E-state index in [-0.39, 0.29) is 17.9 Å². The highest BCUT2D eigenvalue weighted by atomic mass is 19.4. The third-order valence-corrected chi connectivity index (χ3v) is 4.28. The summed E-state index contributed by atoms with van der Waals surface area (Å²) in [5.74, 6) is 0.309. The van der Waals surface area contributed by atoms with E-state index in [1.807, 2.05) is 6.92 Å². The van der Waals surface area contributed by atoms with E-state index in [4.69, 9.17) is 0 Å². The van der Waals surface area contributed by atoms with Gasteiger partial charge in [0.1, 0.15) is 0 Å². The fourth-order valence-corrected chi connectivity index (χ4v) is 3.27. The molecule has 0 aromatic rings. The summed E-state index contributed by atoms with van der Waals surface area (Å²) in [4.78, 5) is 16.8. The number of amides is 1. The Morgan fingerprint density at radius 1 is 1.15 bits per heavy atom. The number of likely N-dealkylation sites (tertiary alicyclic amines) is 1. The summed E-state index contributed by atoms with van der Waals surface area (Å²) in [6.45, 7) is 6.59. The van der Waals surface area contributed by atoms with Gasteiger partial charge in [-0.3, -0.25) is 14.6 Å². The molecule has 20 heavy (non-hydrogen) atoms. The van der Waals surface area contributed by atoms with E-state index in [1.165, 1.54) is 4.90 Å². The normalized spacial score (nSPS) is 29.9. The van der Waals surface area contributed by atoms with E-state index in [2.05, 4.69) is 4.90 Å². The summed E-state index contributed by atoms with van der Waals surface area (Å²) < 4.78 is 37.3. The largest absolute Gasteiger partial charge is 0.401 e. The molecule has 0 spiro atoms. The summed E-state index contributed by atoms with van der Waals surface area (Å²) in [5.41, 5.74) is 0. The van der Waals surface area contributed by atoms with Crippen LogP contribution in [0.25, 0.3) is 0 Å². The van der Waals surface area contributed by atoms with Crippen LogP contribution >= 0.6 is 0 Å². The maximum Gasteiger partial charge on any atom is 0.401 e. The third-order valence-electron chi connectivity index (χ3n) is 4.28. The SMILES string of the molecule is CC(=O)N1CCN(C2CN(CC(F)(F)F)CC2C)CC1. The number of halogens is 3. The molecule has 0 radical (unpaired) electrons. The van der Waals surface area contributed by atoms with Gasteiger partial charge in [-0.15, -0.1) is 0 Å². The lowest BCUT2D eigenvalue weighted by molar-refractivity contribution is -0.144. The molecule has 4 nitrogen and oxygen atoms in total. The van der Waals surface area contributed by atoms with Gasteiger partial charge in [0.2, 0.25) is 5.91 Å². The zero-order chi connectivity index (χ0) is 14.9. The molecule has 0 aliphatic carbocycles. The van der Waals surface area contributed by atoms with E-state index in [0.29, 0.717) is 26.2 Å². The summed E-state index contributed by atoms with van der Waals surface area (Å²) >= 11 is 0. The topological polar surface area (TPSA) is 26.8 Å². The molecule has 2 saturated heterocycles. The van der Waals surface area contributed by atoms with Crippen LogP contribution in [0.2, 0.25) is 0 Å². The minimum Gasteiger partial charge on any atom is -0.340 e. The molecular weight excluding hydrogens is 271 g/mol. The Balaban J connectivity index is 1.86. The van der Waals surface area contributed by atoms with Gasteiger partial charge in [0.05, 0.1) is 6.54 Å². The quantitative estimate of drug-likeness (QED) is 0.761. The maximum atomic E-state index is 12.4. The molecule has 0 bridgehead atoms. The summed E-state index contributed by atoms with van der Waals surface area (Å²) in [7, 11) is 0. The molecule has 116 valence electrons. The first-order valence-electron chi connectivity index (χ1n) is 7.05. The number of carbonyl (C=O) groups excluding carboxylic acids is 1. The first kappa shape index (κ1) is 15.6. The molecule has 2 heterocycles. The second kappa shape index (κ2) is 5.89. The first-order chi connectivity index (χ1) is 9.26. The minimum absolute atomic E-state index is 0.0721. The molecule has 2 aliphatic rings. The smallest absolute Gasteiger partial charge is 0.340 e. The van der Waals surface area contributed by atoms with Crippen molar-refractivity contribution in [1.29, 1.82) is 0 Å². The fraction of sp³-hybridized carbons (Fsp3) is 0.923. The monoisotopic (exact) mass is 293 g/mol. The van der Waals surface area contributed by atoms with Crippen LogP contribution in [0, 0.1) is 5.92 Å². The van der Waals surface area contributed by atoms with Crippen molar-refractivity contribution in [2.45, 2.75) is 26.1 Å². The molecule has 0 aromatic carbocycles. The van der Waals surface area contributed by atoms with E-state index in [9.17, 15) is 18.0 Å². The Bertz CT molecular complexity index is 353. The van der Waals surface area contributed by atoms with E-state index in [1.54, 1.807) is 11.8 Å². The Morgan fingerprint density at radius 3 is 2.25 bits per heavy atom. The molecule has 1 amide bonds. The number of carbonyl (C=O) groups is 1. The third kappa shape index (κ3) is 3.85. The average Bonchev–Trinajstić information content (AvgIpc) is 2.67. The fourth-order valence-electron chi connectivity index (χ4n) is 3.27. The molecule has 0 aromatic heterocycles. The van der Waals surface area contributed by atoms with Gasteiger partial charge in [-0.2, -0.15) is 13.2 Å². The van der Waals surface area contributed by atoms with Gasteiger partial charge in [0.25, 0.3) is 0 Å². The van der Waals surface area contributed by atoms with Crippen LogP contribution in [-0.4, -0.2) is 78.6 Å². The van der Waals surface area contributed by atoms with E-state index >= 15 is 0 Å². The second-order valence-corrected chi connectivity index (χ2v) is 5.90. The predicted molar refractivity (Wildman–Crippen MR) is 69.3 cm³/mol. The van der Waals surface area contributed by atoms with Crippen molar-refractivity contribution in [2.75, 3.05) is 45.8 Å². The summed E-state index contributed by atoms with van der Waals surface area (Å²) in [5, 5.41) is 0. The summed E-state index contributed by atoms with van der Waals surface area (Å²) in [6, 6.07) is 0.173. The number of hydrogen-bond acceptors (Lipinski definition) is 3. The molecule has 2 unspecified atom stereocenters.